The number of likely N-dealkylation sites (tertiary alicyclic amines) is 1. The number of fused-ring (bicyclic) bond motifs is 1. The summed E-state index contributed by atoms with van der Waals surface area (Å²) >= 11 is 0. The average Bonchev–Trinajstić information content (AvgIpc) is 3.44. The van der Waals surface area contributed by atoms with Crippen LogP contribution in [0.25, 0.3) is 11.3 Å². The molecule has 4 heterocycles. The largest absolute Gasteiger partial charge is 0.339 e. The summed E-state index contributed by atoms with van der Waals surface area (Å²) in [6.07, 6.45) is 7.38. The van der Waals surface area contributed by atoms with E-state index in [0.29, 0.717) is 11.5 Å². The Kier molecular flexibility index (Phi) is 4.12. The van der Waals surface area contributed by atoms with Crippen LogP contribution in [0.2, 0.25) is 0 Å². The van der Waals surface area contributed by atoms with E-state index < -0.39 is 0 Å². The van der Waals surface area contributed by atoms with Gasteiger partial charge in [-0.05, 0) is 49.2 Å². The first-order valence-electron chi connectivity index (χ1n) is 9.48. The number of nitrogens with zero attached hydrogens (tertiary/aromatic N) is 6. The van der Waals surface area contributed by atoms with E-state index >= 15 is 0 Å². The number of piperidine rings is 1. The SMILES string of the molecule is O=C(c1cccc(-n2cccn2)c1)N1CCC(c2nnc3ccccn23)CC1. The van der Waals surface area contributed by atoms with E-state index in [1.165, 1.54) is 0 Å². The summed E-state index contributed by atoms with van der Waals surface area (Å²) in [5.74, 6) is 1.37. The standard InChI is InChI=1S/C21H20N6O/c28-21(17-5-3-6-18(15-17)27-12-4-10-22-27)25-13-8-16(9-14-25)20-24-23-19-7-1-2-11-26(19)20/h1-7,10-12,15-16H,8-9,13-14H2. The minimum atomic E-state index is 0.0681. The van der Waals surface area contributed by atoms with Gasteiger partial charge in [0.2, 0.25) is 0 Å². The van der Waals surface area contributed by atoms with Crippen molar-refractivity contribution in [2.75, 3.05) is 13.1 Å². The molecule has 140 valence electrons. The molecule has 0 atom stereocenters. The molecule has 0 unspecified atom stereocenters. The second-order valence-electron chi connectivity index (χ2n) is 7.05. The van der Waals surface area contributed by atoms with Gasteiger partial charge in [0, 0.05) is 43.2 Å². The van der Waals surface area contributed by atoms with E-state index in [0.717, 1.165) is 43.1 Å². The fraction of sp³-hybridized carbons (Fsp3) is 0.238. The lowest BCUT2D eigenvalue weighted by molar-refractivity contribution is 0.0711. The maximum Gasteiger partial charge on any atom is 0.253 e. The number of hydrogen-bond acceptors (Lipinski definition) is 4. The van der Waals surface area contributed by atoms with E-state index in [1.807, 2.05) is 65.8 Å². The third-order valence-corrected chi connectivity index (χ3v) is 5.35. The molecule has 0 aliphatic carbocycles. The van der Waals surface area contributed by atoms with Crippen molar-refractivity contribution in [3.05, 3.63) is 78.5 Å². The van der Waals surface area contributed by atoms with Gasteiger partial charge in [-0.15, -0.1) is 10.2 Å². The molecule has 0 spiro atoms. The fourth-order valence-corrected chi connectivity index (χ4v) is 3.86. The molecule has 7 nitrogen and oxygen atoms in total. The Morgan fingerprint density at radius 1 is 0.964 bits per heavy atom. The zero-order valence-corrected chi connectivity index (χ0v) is 15.3. The molecule has 1 amide bonds. The monoisotopic (exact) mass is 372 g/mol. The Labute approximate surface area is 162 Å². The minimum Gasteiger partial charge on any atom is -0.339 e. The van der Waals surface area contributed by atoms with E-state index in [1.54, 1.807) is 10.9 Å². The number of benzene rings is 1. The molecule has 1 saturated heterocycles. The summed E-state index contributed by atoms with van der Waals surface area (Å²) in [5, 5.41) is 12.9. The third-order valence-electron chi connectivity index (χ3n) is 5.35. The molecular formula is C21H20N6O. The van der Waals surface area contributed by atoms with Crippen LogP contribution in [0, 0.1) is 0 Å². The average molecular weight is 372 g/mol. The molecule has 1 fully saturated rings. The zero-order valence-electron chi connectivity index (χ0n) is 15.3. The molecular weight excluding hydrogens is 352 g/mol. The smallest absolute Gasteiger partial charge is 0.253 e. The van der Waals surface area contributed by atoms with Crippen LogP contribution in [0.15, 0.2) is 67.1 Å². The maximum atomic E-state index is 13.0. The summed E-state index contributed by atoms with van der Waals surface area (Å²) in [6.45, 7) is 1.44. The van der Waals surface area contributed by atoms with Crippen molar-refractivity contribution in [2.24, 2.45) is 0 Å². The van der Waals surface area contributed by atoms with Gasteiger partial charge in [0.25, 0.3) is 5.91 Å². The van der Waals surface area contributed by atoms with Gasteiger partial charge in [-0.3, -0.25) is 9.20 Å². The second-order valence-corrected chi connectivity index (χ2v) is 7.05. The Morgan fingerprint density at radius 3 is 2.68 bits per heavy atom. The van der Waals surface area contributed by atoms with Gasteiger partial charge in [0.1, 0.15) is 5.82 Å². The third kappa shape index (κ3) is 2.94. The maximum absolute atomic E-state index is 13.0. The predicted octanol–water partition coefficient (Wildman–Crippen LogP) is 2.93. The highest BCUT2D eigenvalue weighted by Gasteiger charge is 2.27. The first-order chi connectivity index (χ1) is 13.8. The van der Waals surface area contributed by atoms with Crippen molar-refractivity contribution >= 4 is 11.6 Å². The van der Waals surface area contributed by atoms with Gasteiger partial charge >= 0.3 is 0 Å². The summed E-state index contributed by atoms with van der Waals surface area (Å²) in [4.78, 5) is 14.9. The van der Waals surface area contributed by atoms with E-state index in [-0.39, 0.29) is 5.91 Å². The van der Waals surface area contributed by atoms with Crippen LogP contribution in [0.3, 0.4) is 0 Å². The van der Waals surface area contributed by atoms with Crippen molar-refractivity contribution in [1.29, 1.82) is 0 Å². The summed E-state index contributed by atoms with van der Waals surface area (Å²) in [6, 6.07) is 15.4. The van der Waals surface area contributed by atoms with Crippen molar-refractivity contribution in [1.82, 2.24) is 29.3 Å². The zero-order chi connectivity index (χ0) is 18.9. The number of pyridine rings is 1. The van der Waals surface area contributed by atoms with Gasteiger partial charge in [-0.2, -0.15) is 5.10 Å². The number of aromatic nitrogens is 5. The van der Waals surface area contributed by atoms with Crippen molar-refractivity contribution in [3.63, 3.8) is 0 Å². The quantitative estimate of drug-likeness (QED) is 0.554. The number of amides is 1. The van der Waals surface area contributed by atoms with Gasteiger partial charge in [-0.1, -0.05) is 12.1 Å². The first-order valence-corrected chi connectivity index (χ1v) is 9.48. The lowest BCUT2D eigenvalue weighted by atomic mass is 9.95. The van der Waals surface area contributed by atoms with Crippen molar-refractivity contribution in [3.8, 4) is 5.69 Å². The van der Waals surface area contributed by atoms with Crippen LogP contribution in [0.5, 0.6) is 0 Å². The van der Waals surface area contributed by atoms with Crippen molar-refractivity contribution < 1.29 is 4.79 Å². The van der Waals surface area contributed by atoms with Crippen LogP contribution in [0.1, 0.15) is 34.9 Å². The molecule has 0 saturated carbocycles. The fourth-order valence-electron chi connectivity index (χ4n) is 3.86. The molecule has 7 heteroatoms. The molecule has 5 rings (SSSR count). The van der Waals surface area contributed by atoms with E-state index in [2.05, 4.69) is 19.7 Å². The van der Waals surface area contributed by atoms with Crippen LogP contribution >= 0.6 is 0 Å². The molecule has 1 aliphatic rings. The number of carbonyl (C=O) groups excluding carboxylic acids is 1. The normalized spacial score (nSPS) is 15.2. The second kappa shape index (κ2) is 6.92. The highest BCUT2D eigenvalue weighted by Crippen LogP contribution is 2.28. The Morgan fingerprint density at radius 2 is 1.86 bits per heavy atom. The minimum absolute atomic E-state index is 0.0681. The Hall–Kier alpha value is -3.48. The Bertz CT molecular complexity index is 1110. The van der Waals surface area contributed by atoms with Crippen LogP contribution in [-0.4, -0.2) is 48.3 Å². The van der Waals surface area contributed by atoms with E-state index in [4.69, 9.17) is 0 Å². The lowest BCUT2D eigenvalue weighted by Crippen LogP contribution is -2.38. The molecule has 0 bridgehead atoms. The summed E-state index contributed by atoms with van der Waals surface area (Å²) in [7, 11) is 0. The number of hydrogen-bond donors (Lipinski definition) is 0. The summed E-state index contributed by atoms with van der Waals surface area (Å²) < 4.78 is 3.81. The number of rotatable bonds is 3. The van der Waals surface area contributed by atoms with E-state index in [9.17, 15) is 4.79 Å². The molecule has 28 heavy (non-hydrogen) atoms. The molecule has 1 aliphatic heterocycles. The molecule has 3 aromatic heterocycles. The van der Waals surface area contributed by atoms with Crippen LogP contribution in [0.4, 0.5) is 0 Å². The highest BCUT2D eigenvalue weighted by atomic mass is 16.2. The Balaban J connectivity index is 1.30. The highest BCUT2D eigenvalue weighted by molar-refractivity contribution is 5.94. The van der Waals surface area contributed by atoms with Gasteiger partial charge < -0.3 is 4.90 Å². The first kappa shape index (κ1) is 16.7. The molecule has 4 aromatic rings. The molecule has 1 aromatic carbocycles. The van der Waals surface area contributed by atoms with Gasteiger partial charge in [0.05, 0.1) is 5.69 Å². The van der Waals surface area contributed by atoms with Crippen LogP contribution in [-0.2, 0) is 0 Å². The van der Waals surface area contributed by atoms with Crippen molar-refractivity contribution in [2.45, 2.75) is 18.8 Å². The molecule has 0 radical (unpaired) electrons. The van der Waals surface area contributed by atoms with Gasteiger partial charge in [-0.25, -0.2) is 4.68 Å². The predicted molar refractivity (Wildman–Crippen MR) is 104 cm³/mol. The molecule has 0 N–H and O–H groups in total. The summed E-state index contributed by atoms with van der Waals surface area (Å²) in [5.41, 5.74) is 2.45. The topological polar surface area (TPSA) is 68.3 Å². The lowest BCUT2D eigenvalue weighted by Gasteiger charge is -2.31. The number of carbonyl (C=O) groups is 1. The van der Waals surface area contributed by atoms with Gasteiger partial charge in [0.15, 0.2) is 5.65 Å². The van der Waals surface area contributed by atoms with Crippen LogP contribution < -0.4 is 0 Å².